The highest BCUT2D eigenvalue weighted by atomic mass is 19.4. The number of benzene rings is 1. The van der Waals surface area contributed by atoms with Crippen LogP contribution in [-0.2, 0) is 11.3 Å². The number of hydrogen-bond acceptors (Lipinski definition) is 4. The van der Waals surface area contributed by atoms with Crippen molar-refractivity contribution in [2.24, 2.45) is 0 Å². The van der Waals surface area contributed by atoms with Crippen molar-refractivity contribution in [3.05, 3.63) is 29.8 Å². The fourth-order valence-electron chi connectivity index (χ4n) is 3.91. The maximum absolute atomic E-state index is 12.6. The van der Waals surface area contributed by atoms with Gasteiger partial charge >= 0.3 is 6.36 Å². The smallest absolute Gasteiger partial charge is 0.405 e. The zero-order valence-corrected chi connectivity index (χ0v) is 14.8. The Balaban J connectivity index is 1.74. The van der Waals surface area contributed by atoms with Gasteiger partial charge < -0.3 is 10.1 Å². The fraction of sp³-hybridized carbons (Fsp3) is 0.611. The van der Waals surface area contributed by atoms with E-state index in [1.165, 1.54) is 6.07 Å². The minimum Gasteiger partial charge on any atom is -0.405 e. The molecule has 0 unspecified atom stereocenters. The SMILES string of the molecule is CN1CCN(Cc2ccccc2OC(F)(F)F)C[C@@]12CCNC(=O)CC2. The highest BCUT2D eigenvalue weighted by Gasteiger charge is 2.41. The number of halogens is 3. The summed E-state index contributed by atoms with van der Waals surface area (Å²) in [6.07, 6.45) is -2.63. The van der Waals surface area contributed by atoms with Gasteiger partial charge in [0.1, 0.15) is 5.75 Å². The van der Waals surface area contributed by atoms with Crippen LogP contribution >= 0.6 is 0 Å². The van der Waals surface area contributed by atoms with Crippen LogP contribution in [-0.4, -0.2) is 60.8 Å². The highest BCUT2D eigenvalue weighted by molar-refractivity contribution is 5.76. The molecule has 2 saturated heterocycles. The predicted octanol–water partition coefficient (Wildman–Crippen LogP) is 2.37. The van der Waals surface area contributed by atoms with Crippen LogP contribution in [0.15, 0.2) is 24.3 Å². The van der Waals surface area contributed by atoms with Gasteiger partial charge in [-0.05, 0) is 26.0 Å². The first-order chi connectivity index (χ1) is 12.3. The number of amides is 1. The molecule has 0 radical (unpaired) electrons. The fourth-order valence-corrected chi connectivity index (χ4v) is 3.91. The van der Waals surface area contributed by atoms with Crippen LogP contribution in [0.1, 0.15) is 24.8 Å². The number of piperazine rings is 1. The Morgan fingerprint density at radius 1 is 1.23 bits per heavy atom. The molecule has 1 spiro atoms. The number of ether oxygens (including phenoxy) is 1. The van der Waals surface area contributed by atoms with Crippen LogP contribution in [0, 0.1) is 0 Å². The van der Waals surface area contributed by atoms with E-state index in [4.69, 9.17) is 0 Å². The second-order valence-corrected chi connectivity index (χ2v) is 7.11. The predicted molar refractivity (Wildman–Crippen MR) is 90.6 cm³/mol. The molecule has 0 saturated carbocycles. The minimum atomic E-state index is -4.70. The highest BCUT2D eigenvalue weighted by Crippen LogP contribution is 2.33. The van der Waals surface area contributed by atoms with Gasteiger partial charge in [0.25, 0.3) is 0 Å². The topological polar surface area (TPSA) is 44.8 Å². The molecule has 5 nitrogen and oxygen atoms in total. The van der Waals surface area contributed by atoms with Crippen molar-refractivity contribution in [1.82, 2.24) is 15.1 Å². The Morgan fingerprint density at radius 3 is 2.77 bits per heavy atom. The number of carbonyl (C=O) groups is 1. The molecule has 1 aromatic rings. The van der Waals surface area contributed by atoms with Crippen molar-refractivity contribution in [2.45, 2.75) is 37.7 Å². The Hall–Kier alpha value is -1.80. The molecule has 1 amide bonds. The molecule has 2 fully saturated rings. The molecular weight excluding hydrogens is 347 g/mol. The van der Waals surface area contributed by atoms with Gasteiger partial charge in [-0.2, -0.15) is 0 Å². The van der Waals surface area contributed by atoms with E-state index in [2.05, 4.69) is 26.9 Å². The molecule has 1 atom stereocenters. The lowest BCUT2D eigenvalue weighted by Gasteiger charge is -2.49. The summed E-state index contributed by atoms with van der Waals surface area (Å²) in [5.41, 5.74) is 0.393. The van der Waals surface area contributed by atoms with Crippen LogP contribution in [0.2, 0.25) is 0 Å². The number of carbonyl (C=O) groups excluding carboxylic acids is 1. The first-order valence-corrected chi connectivity index (χ1v) is 8.81. The summed E-state index contributed by atoms with van der Waals surface area (Å²) < 4.78 is 42.1. The van der Waals surface area contributed by atoms with Gasteiger partial charge in [-0.15, -0.1) is 13.2 Å². The van der Waals surface area contributed by atoms with Crippen molar-refractivity contribution in [3.63, 3.8) is 0 Å². The molecule has 144 valence electrons. The lowest BCUT2D eigenvalue weighted by atomic mass is 9.86. The zero-order chi connectivity index (χ0) is 18.8. The molecule has 2 heterocycles. The zero-order valence-electron chi connectivity index (χ0n) is 14.8. The van der Waals surface area contributed by atoms with Crippen molar-refractivity contribution < 1.29 is 22.7 Å². The van der Waals surface area contributed by atoms with Crippen molar-refractivity contribution in [3.8, 4) is 5.75 Å². The second kappa shape index (κ2) is 7.44. The quantitative estimate of drug-likeness (QED) is 0.886. The first-order valence-electron chi connectivity index (χ1n) is 8.81. The third kappa shape index (κ3) is 4.48. The lowest BCUT2D eigenvalue weighted by molar-refractivity contribution is -0.275. The molecule has 1 aromatic carbocycles. The van der Waals surface area contributed by atoms with Gasteiger partial charge in [-0.25, -0.2) is 0 Å². The maximum atomic E-state index is 12.6. The number of hydrogen-bond donors (Lipinski definition) is 1. The summed E-state index contributed by atoms with van der Waals surface area (Å²) >= 11 is 0. The molecule has 26 heavy (non-hydrogen) atoms. The normalized spacial score (nSPS) is 25.8. The van der Waals surface area contributed by atoms with Gasteiger partial charge in [0.2, 0.25) is 5.91 Å². The van der Waals surface area contributed by atoms with Crippen LogP contribution in [0.3, 0.4) is 0 Å². The van der Waals surface area contributed by atoms with Gasteiger partial charge in [-0.3, -0.25) is 14.6 Å². The summed E-state index contributed by atoms with van der Waals surface area (Å²) in [5.74, 6) is -0.0815. The first kappa shape index (κ1) is 19.0. The van der Waals surface area contributed by atoms with Gasteiger partial charge in [0, 0.05) is 50.2 Å². The van der Waals surface area contributed by atoms with E-state index >= 15 is 0 Å². The van der Waals surface area contributed by atoms with E-state index in [0.29, 0.717) is 25.1 Å². The molecule has 0 aromatic heterocycles. The average molecular weight is 371 g/mol. The Labute approximate surface area is 151 Å². The molecule has 2 aliphatic rings. The average Bonchev–Trinajstić information content (AvgIpc) is 2.74. The van der Waals surface area contributed by atoms with E-state index in [-0.39, 0.29) is 17.2 Å². The maximum Gasteiger partial charge on any atom is 0.573 e. The monoisotopic (exact) mass is 371 g/mol. The molecular formula is C18H24F3N3O2. The number of para-hydroxylation sites is 1. The number of likely N-dealkylation sites (N-methyl/N-ethyl adjacent to an activating group) is 1. The summed E-state index contributed by atoms with van der Waals surface area (Å²) in [4.78, 5) is 16.2. The van der Waals surface area contributed by atoms with E-state index in [9.17, 15) is 18.0 Å². The molecule has 2 aliphatic heterocycles. The number of nitrogens with one attached hydrogen (secondary N) is 1. The van der Waals surface area contributed by atoms with Crippen LogP contribution in [0.5, 0.6) is 5.75 Å². The molecule has 3 rings (SSSR count). The molecule has 0 aliphatic carbocycles. The molecule has 0 bridgehead atoms. The molecule has 8 heteroatoms. The van der Waals surface area contributed by atoms with E-state index in [1.54, 1.807) is 18.2 Å². The van der Waals surface area contributed by atoms with Crippen molar-refractivity contribution in [2.75, 3.05) is 33.2 Å². The van der Waals surface area contributed by atoms with Crippen LogP contribution in [0.25, 0.3) is 0 Å². The van der Waals surface area contributed by atoms with Gasteiger partial charge in [0.05, 0.1) is 0 Å². The summed E-state index contributed by atoms with van der Waals surface area (Å²) in [6, 6.07) is 6.28. The van der Waals surface area contributed by atoms with E-state index in [1.807, 2.05) is 0 Å². The van der Waals surface area contributed by atoms with Crippen molar-refractivity contribution >= 4 is 5.91 Å². The lowest BCUT2D eigenvalue weighted by Crippen LogP contribution is -2.60. The van der Waals surface area contributed by atoms with Crippen LogP contribution < -0.4 is 10.1 Å². The Kier molecular flexibility index (Phi) is 5.43. The minimum absolute atomic E-state index is 0.0660. The summed E-state index contributed by atoms with van der Waals surface area (Å²) in [5, 5.41) is 2.91. The summed E-state index contributed by atoms with van der Waals surface area (Å²) in [6.45, 7) is 3.32. The number of alkyl halides is 3. The third-order valence-electron chi connectivity index (χ3n) is 5.40. The Bertz CT molecular complexity index is 653. The van der Waals surface area contributed by atoms with Crippen molar-refractivity contribution in [1.29, 1.82) is 0 Å². The van der Waals surface area contributed by atoms with Gasteiger partial charge in [0.15, 0.2) is 0 Å². The van der Waals surface area contributed by atoms with E-state index < -0.39 is 6.36 Å². The third-order valence-corrected chi connectivity index (χ3v) is 5.40. The summed E-state index contributed by atoms with van der Waals surface area (Å²) in [7, 11) is 2.06. The Morgan fingerprint density at radius 2 is 2.00 bits per heavy atom. The van der Waals surface area contributed by atoms with Gasteiger partial charge in [-0.1, -0.05) is 18.2 Å². The standard InChI is InChI=1S/C18H24F3N3O2/c1-23-10-11-24(13-17(23)7-6-16(25)22-9-8-17)12-14-4-2-3-5-15(14)26-18(19,20)21/h2-5H,6-13H2,1H3,(H,22,25)/t17-/m1/s1. The van der Waals surface area contributed by atoms with E-state index in [0.717, 1.165) is 32.5 Å². The van der Waals surface area contributed by atoms with Crippen LogP contribution in [0.4, 0.5) is 13.2 Å². The molecule has 1 N–H and O–H groups in total. The number of rotatable bonds is 3. The largest absolute Gasteiger partial charge is 0.573 e. The number of nitrogens with zero attached hydrogens (tertiary/aromatic N) is 2. The second-order valence-electron chi connectivity index (χ2n) is 7.11.